The van der Waals surface area contributed by atoms with Gasteiger partial charge in [-0.3, -0.25) is 4.79 Å². The van der Waals surface area contributed by atoms with Crippen molar-refractivity contribution in [2.24, 2.45) is 0 Å². The van der Waals surface area contributed by atoms with Crippen LogP contribution in [0.1, 0.15) is 206 Å². The molecule has 0 radical (unpaired) electrons. The Kier molecular flexibility index (Phi) is 35.1. The normalized spacial score (nSPS) is 12.6. The molecular formula is C41H74O4. The summed E-state index contributed by atoms with van der Waals surface area (Å²) in [6.45, 7) is 4.51. The van der Waals surface area contributed by atoms with E-state index in [2.05, 4.69) is 50.3 Å². The molecule has 0 aliphatic carbocycles. The zero-order valence-electron chi connectivity index (χ0n) is 29.9. The fraction of sp³-hybridized carbons (Fsp3) is 0.805. The van der Waals surface area contributed by atoms with E-state index in [0.717, 1.165) is 51.4 Å². The van der Waals surface area contributed by atoms with Crippen LogP contribution in [0.25, 0.3) is 0 Å². The molecule has 45 heavy (non-hydrogen) atoms. The molecule has 0 aliphatic rings. The van der Waals surface area contributed by atoms with Gasteiger partial charge in [0.25, 0.3) is 0 Å². The van der Waals surface area contributed by atoms with Crippen molar-refractivity contribution in [1.29, 1.82) is 0 Å². The Morgan fingerprint density at radius 2 is 0.844 bits per heavy atom. The monoisotopic (exact) mass is 631 g/mol. The molecule has 0 aromatic heterocycles. The lowest BCUT2D eigenvalue weighted by Gasteiger charge is -2.13. The van der Waals surface area contributed by atoms with Crippen molar-refractivity contribution in [1.82, 2.24) is 0 Å². The fourth-order valence-corrected chi connectivity index (χ4v) is 5.64. The zero-order chi connectivity index (χ0) is 32.9. The molecule has 0 saturated carbocycles. The van der Waals surface area contributed by atoms with E-state index in [1.165, 1.54) is 128 Å². The van der Waals surface area contributed by atoms with Crippen LogP contribution in [-0.4, -0.2) is 23.1 Å². The van der Waals surface area contributed by atoms with Crippen LogP contribution in [0.2, 0.25) is 0 Å². The highest BCUT2D eigenvalue weighted by Gasteiger charge is 2.21. The van der Waals surface area contributed by atoms with Gasteiger partial charge >= 0.3 is 11.9 Å². The standard InChI is InChI=1S/C41H74O4/c1-3-5-7-9-11-13-15-17-18-19-20-21-22-23-24-26-28-30-32-34-36-38-40(42)45-39(41(43)44)37-35-33-31-29-27-25-16-14-12-10-8-6-4-2/h11,13,17-18,23-24,39H,3-10,12,14-16,19-22,25-38H2,1-2H3,(H,43,44)/b13-11-,18-17-,24-23-. The maximum Gasteiger partial charge on any atom is 0.345 e. The van der Waals surface area contributed by atoms with Crippen molar-refractivity contribution >= 4 is 11.9 Å². The summed E-state index contributed by atoms with van der Waals surface area (Å²) in [6.07, 6.45) is 47.5. The smallest absolute Gasteiger partial charge is 0.345 e. The lowest BCUT2D eigenvalue weighted by molar-refractivity contribution is -0.164. The molecule has 4 nitrogen and oxygen atoms in total. The number of rotatable bonds is 35. The van der Waals surface area contributed by atoms with E-state index >= 15 is 0 Å². The van der Waals surface area contributed by atoms with Gasteiger partial charge in [0, 0.05) is 6.42 Å². The lowest BCUT2D eigenvalue weighted by Crippen LogP contribution is -2.27. The first-order chi connectivity index (χ1) is 22.1. The number of carboxylic acids is 1. The minimum atomic E-state index is -1.01. The summed E-state index contributed by atoms with van der Waals surface area (Å²) < 4.78 is 5.31. The predicted molar refractivity (Wildman–Crippen MR) is 195 cm³/mol. The summed E-state index contributed by atoms with van der Waals surface area (Å²) in [6, 6.07) is 0. The zero-order valence-corrected chi connectivity index (χ0v) is 29.9. The van der Waals surface area contributed by atoms with Crippen LogP contribution in [0.5, 0.6) is 0 Å². The molecule has 1 unspecified atom stereocenters. The number of hydrogen-bond donors (Lipinski definition) is 1. The van der Waals surface area contributed by atoms with Gasteiger partial charge in [0.15, 0.2) is 6.10 Å². The number of ether oxygens (including phenoxy) is 1. The minimum absolute atomic E-state index is 0.327. The number of carbonyl (C=O) groups excluding carboxylic acids is 1. The van der Waals surface area contributed by atoms with Gasteiger partial charge in [-0.1, -0.05) is 159 Å². The number of aliphatic carboxylic acids is 1. The second-order valence-electron chi connectivity index (χ2n) is 13.1. The summed E-state index contributed by atoms with van der Waals surface area (Å²) in [7, 11) is 0. The van der Waals surface area contributed by atoms with Crippen molar-refractivity contribution in [3.8, 4) is 0 Å². The summed E-state index contributed by atoms with van der Waals surface area (Å²) in [5, 5.41) is 9.47. The Labute approximate surface area is 279 Å². The first-order valence-electron chi connectivity index (χ1n) is 19.5. The molecule has 0 aromatic carbocycles. The number of hydrogen-bond acceptors (Lipinski definition) is 3. The molecule has 0 aromatic rings. The maximum absolute atomic E-state index is 12.2. The molecule has 4 heteroatoms. The summed E-state index contributed by atoms with van der Waals surface area (Å²) in [5.41, 5.74) is 0. The second kappa shape index (κ2) is 36.6. The van der Waals surface area contributed by atoms with Crippen molar-refractivity contribution in [2.45, 2.75) is 213 Å². The van der Waals surface area contributed by atoms with Gasteiger partial charge in [0.05, 0.1) is 0 Å². The van der Waals surface area contributed by atoms with Gasteiger partial charge in [-0.15, -0.1) is 0 Å². The number of carboxylic acid groups (broad SMARTS) is 1. The summed E-state index contributed by atoms with van der Waals surface area (Å²) in [5.74, 6) is -1.37. The fourth-order valence-electron chi connectivity index (χ4n) is 5.64. The highest BCUT2D eigenvalue weighted by Crippen LogP contribution is 2.15. The Hall–Kier alpha value is -1.84. The summed E-state index contributed by atoms with van der Waals surface area (Å²) in [4.78, 5) is 23.8. The first-order valence-corrected chi connectivity index (χ1v) is 19.5. The first kappa shape index (κ1) is 43.2. The molecule has 0 aliphatic heterocycles. The Morgan fingerprint density at radius 3 is 1.33 bits per heavy atom. The molecule has 262 valence electrons. The molecule has 1 N–H and O–H groups in total. The number of esters is 1. The third kappa shape index (κ3) is 34.9. The highest BCUT2D eigenvalue weighted by molar-refractivity contribution is 5.77. The number of carbonyl (C=O) groups is 2. The SMILES string of the molecule is CCCCC/C=C\C/C=C\CCCC/C=C\CCCCCCCC(=O)OC(CCCCCCCCCCCCCCC)C(=O)O. The second-order valence-corrected chi connectivity index (χ2v) is 13.1. The lowest BCUT2D eigenvalue weighted by atomic mass is 10.0. The van der Waals surface area contributed by atoms with Crippen LogP contribution in [0.3, 0.4) is 0 Å². The molecule has 0 rings (SSSR count). The van der Waals surface area contributed by atoms with Gasteiger partial charge in [-0.05, 0) is 77.0 Å². The largest absolute Gasteiger partial charge is 0.479 e. The quantitative estimate of drug-likeness (QED) is 0.0430. The van der Waals surface area contributed by atoms with Crippen LogP contribution < -0.4 is 0 Å². The van der Waals surface area contributed by atoms with Crippen molar-refractivity contribution < 1.29 is 19.4 Å². The van der Waals surface area contributed by atoms with E-state index in [-0.39, 0.29) is 5.97 Å². The predicted octanol–water partition coefficient (Wildman–Crippen LogP) is 13.4. The Bertz CT molecular complexity index is 723. The maximum atomic E-state index is 12.2. The van der Waals surface area contributed by atoms with Gasteiger partial charge < -0.3 is 9.84 Å². The number of allylic oxidation sites excluding steroid dienone is 6. The Balaban J connectivity index is 3.58. The molecule has 0 fully saturated rings. The molecule has 0 bridgehead atoms. The van der Waals surface area contributed by atoms with Crippen LogP contribution in [0.4, 0.5) is 0 Å². The van der Waals surface area contributed by atoms with Gasteiger partial charge in [-0.25, -0.2) is 4.79 Å². The highest BCUT2D eigenvalue weighted by atomic mass is 16.6. The summed E-state index contributed by atoms with van der Waals surface area (Å²) >= 11 is 0. The third-order valence-corrected chi connectivity index (χ3v) is 8.61. The van der Waals surface area contributed by atoms with Crippen LogP contribution in [-0.2, 0) is 14.3 Å². The van der Waals surface area contributed by atoms with Crippen molar-refractivity contribution in [3.05, 3.63) is 36.5 Å². The van der Waals surface area contributed by atoms with Crippen molar-refractivity contribution in [2.75, 3.05) is 0 Å². The molecule has 1 atom stereocenters. The van der Waals surface area contributed by atoms with E-state index in [1.807, 2.05) is 0 Å². The van der Waals surface area contributed by atoms with E-state index in [1.54, 1.807) is 0 Å². The average Bonchev–Trinajstić information content (AvgIpc) is 3.03. The van der Waals surface area contributed by atoms with Crippen LogP contribution in [0.15, 0.2) is 36.5 Å². The topological polar surface area (TPSA) is 63.6 Å². The van der Waals surface area contributed by atoms with Gasteiger partial charge in [0.1, 0.15) is 0 Å². The van der Waals surface area contributed by atoms with E-state index in [4.69, 9.17) is 4.74 Å². The molecule has 0 saturated heterocycles. The average molecular weight is 631 g/mol. The molecule has 0 amide bonds. The van der Waals surface area contributed by atoms with Crippen LogP contribution in [0, 0.1) is 0 Å². The number of unbranched alkanes of at least 4 members (excludes halogenated alkanes) is 23. The van der Waals surface area contributed by atoms with Gasteiger partial charge in [-0.2, -0.15) is 0 Å². The van der Waals surface area contributed by atoms with E-state index in [0.29, 0.717) is 12.8 Å². The van der Waals surface area contributed by atoms with E-state index in [9.17, 15) is 14.7 Å². The van der Waals surface area contributed by atoms with Crippen LogP contribution >= 0.6 is 0 Å². The minimum Gasteiger partial charge on any atom is -0.479 e. The Morgan fingerprint density at radius 1 is 0.489 bits per heavy atom. The molecule has 0 heterocycles. The van der Waals surface area contributed by atoms with Gasteiger partial charge in [0.2, 0.25) is 0 Å². The molecular weight excluding hydrogens is 556 g/mol. The third-order valence-electron chi connectivity index (χ3n) is 8.61. The van der Waals surface area contributed by atoms with E-state index < -0.39 is 12.1 Å². The van der Waals surface area contributed by atoms with Crippen molar-refractivity contribution in [3.63, 3.8) is 0 Å². The molecule has 0 spiro atoms.